The molecule has 0 atom stereocenters. The predicted octanol–water partition coefficient (Wildman–Crippen LogP) is 4.23. The summed E-state index contributed by atoms with van der Waals surface area (Å²) in [5, 5.41) is 0.962. The van der Waals surface area contributed by atoms with Gasteiger partial charge in [0.1, 0.15) is 23.0 Å². The van der Waals surface area contributed by atoms with Crippen LogP contribution in [0.1, 0.15) is 16.3 Å². The average Bonchev–Trinajstić information content (AvgIpc) is 2.72. The van der Waals surface area contributed by atoms with Gasteiger partial charge in [-0.25, -0.2) is 9.97 Å². The van der Waals surface area contributed by atoms with Crippen molar-refractivity contribution in [2.24, 2.45) is 0 Å². The topological polar surface area (TPSA) is 61.0 Å². The number of hydrogen-bond donors (Lipinski definition) is 1. The van der Waals surface area contributed by atoms with E-state index in [1.807, 2.05) is 31.2 Å². The second kappa shape index (κ2) is 5.61. The summed E-state index contributed by atoms with van der Waals surface area (Å²) in [5.41, 5.74) is 7.22. The summed E-state index contributed by atoms with van der Waals surface area (Å²) >= 11 is 5.05. The fraction of sp³-hybridized carbons (Fsp3) is 0.200. The second-order valence-electron chi connectivity index (χ2n) is 4.73. The van der Waals surface area contributed by atoms with Gasteiger partial charge in [0, 0.05) is 9.35 Å². The number of aryl methyl sites for hydroxylation is 2. The van der Waals surface area contributed by atoms with E-state index in [2.05, 4.69) is 32.8 Å². The number of nitrogens with two attached hydrogens (primary N) is 1. The molecule has 0 fully saturated rings. The molecular weight excluding hydrogens is 350 g/mol. The standard InChI is InChI=1S/C15H14BrN3OS/c1-8-9(2)21-15-13(8)14(17)18-12(19-15)7-20-11-5-3-4-10(16)6-11/h3-6H,7H2,1-2H3,(H2,17,18,19). The van der Waals surface area contributed by atoms with E-state index >= 15 is 0 Å². The summed E-state index contributed by atoms with van der Waals surface area (Å²) in [6, 6.07) is 7.67. The number of benzene rings is 1. The molecule has 2 aromatic heterocycles. The van der Waals surface area contributed by atoms with Crippen molar-refractivity contribution in [2.75, 3.05) is 5.73 Å². The first kappa shape index (κ1) is 14.3. The third-order valence-electron chi connectivity index (χ3n) is 3.27. The zero-order valence-corrected chi connectivity index (χ0v) is 14.1. The van der Waals surface area contributed by atoms with Gasteiger partial charge in [-0.15, -0.1) is 11.3 Å². The fourth-order valence-electron chi connectivity index (χ4n) is 2.10. The number of anilines is 1. The molecule has 0 aliphatic carbocycles. The lowest BCUT2D eigenvalue weighted by Gasteiger charge is -2.06. The van der Waals surface area contributed by atoms with E-state index in [0.717, 1.165) is 26.0 Å². The van der Waals surface area contributed by atoms with Crippen molar-refractivity contribution in [1.29, 1.82) is 0 Å². The highest BCUT2D eigenvalue weighted by molar-refractivity contribution is 9.10. The summed E-state index contributed by atoms with van der Waals surface area (Å²) in [7, 11) is 0. The Bertz CT molecular complexity index is 816. The molecule has 3 aromatic rings. The highest BCUT2D eigenvalue weighted by Crippen LogP contribution is 2.32. The minimum absolute atomic E-state index is 0.298. The molecule has 0 saturated heterocycles. The molecule has 1 aromatic carbocycles. The molecule has 0 aliphatic rings. The molecule has 0 saturated carbocycles. The zero-order chi connectivity index (χ0) is 15.0. The highest BCUT2D eigenvalue weighted by atomic mass is 79.9. The van der Waals surface area contributed by atoms with Crippen molar-refractivity contribution in [3.8, 4) is 5.75 Å². The normalized spacial score (nSPS) is 11.0. The Labute approximate surface area is 135 Å². The van der Waals surface area contributed by atoms with Gasteiger partial charge in [0.2, 0.25) is 0 Å². The van der Waals surface area contributed by atoms with Crippen LogP contribution in [0.15, 0.2) is 28.7 Å². The molecule has 2 N–H and O–H groups in total. The molecule has 0 aliphatic heterocycles. The quantitative estimate of drug-likeness (QED) is 0.756. The minimum atomic E-state index is 0.298. The summed E-state index contributed by atoms with van der Waals surface area (Å²) in [6.07, 6.45) is 0. The van der Waals surface area contributed by atoms with Crippen LogP contribution < -0.4 is 10.5 Å². The molecule has 4 nitrogen and oxygen atoms in total. The van der Waals surface area contributed by atoms with Gasteiger partial charge in [0.05, 0.1) is 5.39 Å². The van der Waals surface area contributed by atoms with E-state index in [1.165, 1.54) is 4.88 Å². The number of halogens is 1. The first-order chi connectivity index (χ1) is 10.0. The molecule has 3 rings (SSSR count). The Morgan fingerprint density at radius 2 is 2.10 bits per heavy atom. The van der Waals surface area contributed by atoms with Crippen LogP contribution in [0.5, 0.6) is 5.75 Å². The third-order valence-corrected chi connectivity index (χ3v) is 4.86. The van der Waals surface area contributed by atoms with Gasteiger partial charge < -0.3 is 10.5 Å². The van der Waals surface area contributed by atoms with Gasteiger partial charge in [-0.1, -0.05) is 22.0 Å². The van der Waals surface area contributed by atoms with Crippen molar-refractivity contribution in [1.82, 2.24) is 9.97 Å². The molecule has 21 heavy (non-hydrogen) atoms. The number of nitrogen functional groups attached to an aromatic ring is 1. The van der Waals surface area contributed by atoms with Gasteiger partial charge in [0.25, 0.3) is 0 Å². The molecule has 2 heterocycles. The maximum Gasteiger partial charge on any atom is 0.169 e. The van der Waals surface area contributed by atoms with Crippen LogP contribution >= 0.6 is 27.3 Å². The van der Waals surface area contributed by atoms with E-state index in [1.54, 1.807) is 11.3 Å². The van der Waals surface area contributed by atoms with Gasteiger partial charge >= 0.3 is 0 Å². The average molecular weight is 364 g/mol. The van der Waals surface area contributed by atoms with Crippen LogP contribution in [0.4, 0.5) is 5.82 Å². The van der Waals surface area contributed by atoms with Gasteiger partial charge in [0.15, 0.2) is 5.82 Å². The van der Waals surface area contributed by atoms with Crippen LogP contribution in [0, 0.1) is 13.8 Å². The second-order valence-corrected chi connectivity index (χ2v) is 6.85. The van der Waals surface area contributed by atoms with Crippen molar-refractivity contribution >= 4 is 43.3 Å². The van der Waals surface area contributed by atoms with E-state index in [9.17, 15) is 0 Å². The number of fused-ring (bicyclic) bond motifs is 1. The molecule has 0 spiro atoms. The van der Waals surface area contributed by atoms with E-state index in [4.69, 9.17) is 10.5 Å². The Balaban J connectivity index is 1.88. The first-order valence-electron chi connectivity index (χ1n) is 6.45. The summed E-state index contributed by atoms with van der Waals surface area (Å²) in [4.78, 5) is 11.0. The third kappa shape index (κ3) is 2.87. The summed E-state index contributed by atoms with van der Waals surface area (Å²) in [5.74, 6) is 1.89. The lowest BCUT2D eigenvalue weighted by Crippen LogP contribution is -2.04. The zero-order valence-electron chi connectivity index (χ0n) is 11.7. The van der Waals surface area contributed by atoms with Crippen molar-refractivity contribution < 1.29 is 4.74 Å². The van der Waals surface area contributed by atoms with Gasteiger partial charge in [-0.05, 0) is 37.6 Å². The lowest BCUT2D eigenvalue weighted by molar-refractivity contribution is 0.296. The van der Waals surface area contributed by atoms with Gasteiger partial charge in [-0.3, -0.25) is 0 Å². The van der Waals surface area contributed by atoms with E-state index in [0.29, 0.717) is 18.2 Å². The Hall–Kier alpha value is -1.66. The minimum Gasteiger partial charge on any atom is -0.486 e. The van der Waals surface area contributed by atoms with Crippen LogP contribution in [-0.4, -0.2) is 9.97 Å². The Morgan fingerprint density at radius 3 is 2.86 bits per heavy atom. The van der Waals surface area contributed by atoms with Crippen LogP contribution in [-0.2, 0) is 6.61 Å². The molecule has 0 radical (unpaired) electrons. The number of aromatic nitrogens is 2. The van der Waals surface area contributed by atoms with E-state index < -0.39 is 0 Å². The molecule has 108 valence electrons. The molecule has 6 heteroatoms. The SMILES string of the molecule is Cc1sc2nc(COc3cccc(Br)c3)nc(N)c2c1C. The number of hydrogen-bond acceptors (Lipinski definition) is 5. The van der Waals surface area contributed by atoms with Crippen LogP contribution in [0.2, 0.25) is 0 Å². The Kier molecular flexibility index (Phi) is 3.82. The van der Waals surface area contributed by atoms with Crippen molar-refractivity contribution in [2.45, 2.75) is 20.5 Å². The smallest absolute Gasteiger partial charge is 0.169 e. The molecular formula is C15H14BrN3OS. The van der Waals surface area contributed by atoms with Crippen molar-refractivity contribution in [3.63, 3.8) is 0 Å². The highest BCUT2D eigenvalue weighted by Gasteiger charge is 2.12. The number of ether oxygens (including phenoxy) is 1. The fourth-order valence-corrected chi connectivity index (χ4v) is 3.53. The van der Waals surface area contributed by atoms with Crippen molar-refractivity contribution in [3.05, 3.63) is 45.0 Å². The molecule has 0 bridgehead atoms. The lowest BCUT2D eigenvalue weighted by atomic mass is 10.2. The van der Waals surface area contributed by atoms with Crippen LogP contribution in [0.25, 0.3) is 10.2 Å². The first-order valence-corrected chi connectivity index (χ1v) is 8.06. The number of rotatable bonds is 3. The predicted molar refractivity (Wildman–Crippen MR) is 89.8 cm³/mol. The number of nitrogens with zero attached hydrogens (tertiary/aromatic N) is 2. The number of thiophene rings is 1. The molecule has 0 amide bonds. The van der Waals surface area contributed by atoms with E-state index in [-0.39, 0.29) is 0 Å². The maximum absolute atomic E-state index is 6.06. The summed E-state index contributed by atoms with van der Waals surface area (Å²) < 4.78 is 6.68. The maximum atomic E-state index is 6.06. The molecule has 0 unspecified atom stereocenters. The Morgan fingerprint density at radius 1 is 1.29 bits per heavy atom. The summed E-state index contributed by atoms with van der Waals surface area (Å²) in [6.45, 7) is 4.41. The van der Waals surface area contributed by atoms with Crippen LogP contribution in [0.3, 0.4) is 0 Å². The monoisotopic (exact) mass is 363 g/mol. The van der Waals surface area contributed by atoms with Gasteiger partial charge in [-0.2, -0.15) is 0 Å². The largest absolute Gasteiger partial charge is 0.486 e.